The smallest absolute Gasteiger partial charge is 0.180 e. The molecule has 2 heterocycles. The quantitative estimate of drug-likeness (QED) is 0.875. The zero-order valence-electron chi connectivity index (χ0n) is 12.0. The van der Waals surface area contributed by atoms with E-state index >= 15 is 0 Å². The summed E-state index contributed by atoms with van der Waals surface area (Å²) in [7, 11) is -3.40. The molecule has 0 radical (unpaired) electrons. The Morgan fingerprint density at radius 2 is 1.95 bits per heavy atom. The molecular weight excluding hydrogens is 286 g/mol. The molecule has 0 fully saturated rings. The largest absolute Gasteiger partial charge is 0.487 e. The predicted octanol–water partition coefficient (Wildman–Crippen LogP) is 2.81. The number of benzene rings is 1. The van der Waals surface area contributed by atoms with Gasteiger partial charge in [-0.1, -0.05) is 18.2 Å². The topological polar surface area (TPSA) is 56.3 Å². The second-order valence-corrected chi connectivity index (χ2v) is 7.80. The van der Waals surface area contributed by atoms with Crippen LogP contribution in [-0.2, 0) is 9.84 Å². The van der Waals surface area contributed by atoms with Crippen LogP contribution in [0.5, 0.6) is 5.75 Å². The molecule has 0 N–H and O–H groups in total. The number of hydrogen-bond donors (Lipinski definition) is 0. The van der Waals surface area contributed by atoms with Crippen molar-refractivity contribution in [1.29, 1.82) is 0 Å². The van der Waals surface area contributed by atoms with Gasteiger partial charge in [-0.2, -0.15) is 0 Å². The monoisotopic (exact) mass is 303 g/mol. The molecule has 1 aliphatic heterocycles. The predicted molar refractivity (Wildman–Crippen MR) is 80.2 cm³/mol. The number of rotatable bonds is 3. The molecule has 0 amide bonds. The molecule has 21 heavy (non-hydrogen) atoms. The Balaban J connectivity index is 1.98. The summed E-state index contributed by atoms with van der Waals surface area (Å²) in [6.45, 7) is 3.85. The van der Waals surface area contributed by atoms with Gasteiger partial charge in [-0.05, 0) is 32.0 Å². The van der Waals surface area contributed by atoms with Gasteiger partial charge < -0.3 is 4.74 Å². The maximum atomic E-state index is 12.6. The van der Waals surface area contributed by atoms with Crippen LogP contribution in [0.3, 0.4) is 0 Å². The minimum Gasteiger partial charge on any atom is -0.487 e. The number of nitrogens with zero attached hydrogens (tertiary/aromatic N) is 1. The molecule has 2 aromatic rings. The van der Waals surface area contributed by atoms with Crippen molar-refractivity contribution in [2.75, 3.05) is 5.75 Å². The highest BCUT2D eigenvalue weighted by molar-refractivity contribution is 7.91. The van der Waals surface area contributed by atoms with Gasteiger partial charge in [-0.25, -0.2) is 8.42 Å². The van der Waals surface area contributed by atoms with E-state index in [0.717, 1.165) is 11.3 Å². The fourth-order valence-electron chi connectivity index (χ4n) is 2.73. The summed E-state index contributed by atoms with van der Waals surface area (Å²) in [6, 6.07) is 10.8. The van der Waals surface area contributed by atoms with Crippen molar-refractivity contribution < 1.29 is 13.2 Å². The molecule has 0 bridgehead atoms. The second kappa shape index (κ2) is 4.84. The van der Waals surface area contributed by atoms with E-state index in [1.807, 2.05) is 38.1 Å². The van der Waals surface area contributed by atoms with Crippen LogP contribution in [0.1, 0.15) is 25.3 Å². The molecule has 4 nitrogen and oxygen atoms in total. The maximum Gasteiger partial charge on any atom is 0.180 e. The van der Waals surface area contributed by atoms with Gasteiger partial charge in [0.05, 0.1) is 10.6 Å². The third kappa shape index (κ3) is 2.53. The number of sulfone groups is 1. The Bertz CT molecular complexity index is 754. The van der Waals surface area contributed by atoms with E-state index in [1.54, 1.807) is 18.3 Å². The molecule has 1 aliphatic rings. The highest BCUT2D eigenvalue weighted by Gasteiger charge is 2.43. The van der Waals surface area contributed by atoms with Gasteiger partial charge in [0.15, 0.2) is 9.84 Å². The fourth-order valence-corrected chi connectivity index (χ4v) is 4.45. The summed E-state index contributed by atoms with van der Waals surface area (Å²) >= 11 is 0. The molecule has 110 valence electrons. The van der Waals surface area contributed by atoms with Gasteiger partial charge in [-0.3, -0.25) is 4.98 Å². The van der Waals surface area contributed by atoms with Crippen LogP contribution in [0.25, 0.3) is 0 Å². The summed E-state index contributed by atoms with van der Waals surface area (Å²) in [5.74, 6) is 0.593. The number of pyridine rings is 1. The highest BCUT2D eigenvalue weighted by Crippen LogP contribution is 2.45. The average Bonchev–Trinajstić information content (AvgIpc) is 2.70. The van der Waals surface area contributed by atoms with Gasteiger partial charge in [0, 0.05) is 23.9 Å². The van der Waals surface area contributed by atoms with E-state index in [4.69, 9.17) is 4.74 Å². The Labute approximate surface area is 124 Å². The minimum absolute atomic E-state index is 0.0166. The average molecular weight is 303 g/mol. The Morgan fingerprint density at radius 3 is 2.67 bits per heavy atom. The van der Waals surface area contributed by atoms with E-state index < -0.39 is 15.4 Å². The van der Waals surface area contributed by atoms with E-state index in [1.165, 1.54) is 6.20 Å². The van der Waals surface area contributed by atoms with Crippen molar-refractivity contribution in [3.63, 3.8) is 0 Å². The summed E-state index contributed by atoms with van der Waals surface area (Å²) < 4.78 is 31.1. The van der Waals surface area contributed by atoms with Gasteiger partial charge in [-0.15, -0.1) is 0 Å². The maximum absolute atomic E-state index is 12.6. The van der Waals surface area contributed by atoms with Gasteiger partial charge in [0.1, 0.15) is 11.4 Å². The van der Waals surface area contributed by atoms with Crippen molar-refractivity contribution in [2.45, 2.75) is 30.3 Å². The SMILES string of the molecule is CC1(C)Oc2ccccc2C1CS(=O)(=O)c1cccnc1. The molecular formula is C16H17NO3S. The molecule has 1 aromatic heterocycles. The lowest BCUT2D eigenvalue weighted by molar-refractivity contribution is 0.116. The zero-order valence-corrected chi connectivity index (χ0v) is 12.8. The first-order valence-corrected chi connectivity index (χ1v) is 8.46. The van der Waals surface area contributed by atoms with Crippen LogP contribution in [0.4, 0.5) is 0 Å². The summed E-state index contributed by atoms with van der Waals surface area (Å²) in [5.41, 5.74) is 0.411. The number of para-hydroxylation sites is 1. The lowest BCUT2D eigenvalue weighted by Crippen LogP contribution is -2.34. The van der Waals surface area contributed by atoms with E-state index in [0.29, 0.717) is 0 Å². The third-order valence-corrected chi connectivity index (χ3v) is 5.62. The van der Waals surface area contributed by atoms with E-state index in [-0.39, 0.29) is 16.6 Å². The Hall–Kier alpha value is -1.88. The molecule has 0 saturated heterocycles. The normalized spacial score (nSPS) is 19.8. The van der Waals surface area contributed by atoms with E-state index in [9.17, 15) is 8.42 Å². The van der Waals surface area contributed by atoms with Gasteiger partial charge in [0.25, 0.3) is 0 Å². The first kappa shape index (κ1) is 14.1. The first-order chi connectivity index (χ1) is 9.90. The van der Waals surface area contributed by atoms with Crippen LogP contribution < -0.4 is 4.74 Å². The van der Waals surface area contributed by atoms with Crippen LogP contribution in [-0.4, -0.2) is 24.8 Å². The lowest BCUT2D eigenvalue weighted by Gasteiger charge is -2.26. The van der Waals surface area contributed by atoms with Gasteiger partial charge in [0.2, 0.25) is 0 Å². The summed E-state index contributed by atoms with van der Waals surface area (Å²) in [4.78, 5) is 4.15. The molecule has 0 spiro atoms. The molecule has 0 aliphatic carbocycles. The van der Waals surface area contributed by atoms with Crippen LogP contribution in [0.2, 0.25) is 0 Å². The Kier molecular flexibility index (Phi) is 3.24. The molecule has 1 unspecified atom stereocenters. The van der Waals surface area contributed by atoms with Gasteiger partial charge >= 0.3 is 0 Å². The molecule has 3 rings (SSSR count). The molecule has 1 aromatic carbocycles. The lowest BCUT2D eigenvalue weighted by atomic mass is 9.89. The highest BCUT2D eigenvalue weighted by atomic mass is 32.2. The third-order valence-electron chi connectivity index (χ3n) is 3.89. The van der Waals surface area contributed by atoms with Crippen LogP contribution in [0, 0.1) is 0 Å². The number of aromatic nitrogens is 1. The molecule has 5 heteroatoms. The van der Waals surface area contributed by atoms with Crippen molar-refractivity contribution in [1.82, 2.24) is 4.98 Å². The number of hydrogen-bond acceptors (Lipinski definition) is 4. The first-order valence-electron chi connectivity index (χ1n) is 6.81. The zero-order chi connectivity index (χ0) is 15.1. The van der Waals surface area contributed by atoms with Crippen LogP contribution >= 0.6 is 0 Å². The number of ether oxygens (including phenoxy) is 1. The van der Waals surface area contributed by atoms with Crippen molar-refractivity contribution in [3.05, 3.63) is 54.4 Å². The van der Waals surface area contributed by atoms with Crippen molar-refractivity contribution >= 4 is 9.84 Å². The fraction of sp³-hybridized carbons (Fsp3) is 0.312. The summed E-state index contributed by atoms with van der Waals surface area (Å²) in [6.07, 6.45) is 2.96. The summed E-state index contributed by atoms with van der Waals surface area (Å²) in [5, 5.41) is 0. The minimum atomic E-state index is -3.40. The molecule has 0 saturated carbocycles. The Morgan fingerprint density at radius 1 is 1.19 bits per heavy atom. The van der Waals surface area contributed by atoms with E-state index in [2.05, 4.69) is 4.98 Å². The number of fused-ring (bicyclic) bond motifs is 1. The molecule has 1 atom stereocenters. The van der Waals surface area contributed by atoms with Crippen LogP contribution in [0.15, 0.2) is 53.7 Å². The van der Waals surface area contributed by atoms with Crippen molar-refractivity contribution in [3.8, 4) is 5.75 Å². The second-order valence-electron chi connectivity index (χ2n) is 5.77. The van der Waals surface area contributed by atoms with Crippen molar-refractivity contribution in [2.24, 2.45) is 0 Å². The standard InChI is InChI=1S/C16H17NO3S/c1-16(2)14(13-7-3-4-8-15(13)20-16)11-21(18,19)12-6-5-9-17-10-12/h3-10,14H,11H2,1-2H3.